The molecule has 1 saturated heterocycles. The molecule has 0 radical (unpaired) electrons. The molecule has 0 amide bonds. The first-order valence-corrected chi connectivity index (χ1v) is 8.36. The van der Waals surface area contributed by atoms with Gasteiger partial charge in [-0.15, -0.1) is 0 Å². The first-order chi connectivity index (χ1) is 9.79. The van der Waals surface area contributed by atoms with E-state index in [9.17, 15) is 0 Å². The van der Waals surface area contributed by atoms with E-state index in [1.54, 1.807) is 0 Å². The molecule has 1 aliphatic rings. The SMILES string of the molecule is CC(C)c1cnc(N2CCC(C(C)C(C)(C)C)CC2)nc1. The Morgan fingerprint density at radius 2 is 1.57 bits per heavy atom. The van der Waals surface area contributed by atoms with Crippen LogP contribution in [0, 0.1) is 17.3 Å². The molecular formula is C18H31N3. The van der Waals surface area contributed by atoms with Gasteiger partial charge in [-0.3, -0.25) is 0 Å². The maximum absolute atomic E-state index is 4.56. The van der Waals surface area contributed by atoms with Crippen LogP contribution in [0.5, 0.6) is 0 Å². The lowest BCUT2D eigenvalue weighted by Gasteiger charge is -2.40. The number of hydrogen-bond acceptors (Lipinski definition) is 3. The van der Waals surface area contributed by atoms with Gasteiger partial charge in [0, 0.05) is 25.5 Å². The summed E-state index contributed by atoms with van der Waals surface area (Å²) >= 11 is 0. The molecule has 1 aromatic heterocycles. The van der Waals surface area contributed by atoms with Crippen molar-refractivity contribution in [3.63, 3.8) is 0 Å². The van der Waals surface area contributed by atoms with Gasteiger partial charge in [0.15, 0.2) is 0 Å². The van der Waals surface area contributed by atoms with E-state index in [-0.39, 0.29) is 0 Å². The van der Waals surface area contributed by atoms with Gasteiger partial charge in [-0.2, -0.15) is 0 Å². The summed E-state index contributed by atoms with van der Waals surface area (Å²) in [6.07, 6.45) is 6.48. The number of hydrogen-bond donors (Lipinski definition) is 0. The predicted molar refractivity (Wildman–Crippen MR) is 89.7 cm³/mol. The summed E-state index contributed by atoms with van der Waals surface area (Å²) in [5, 5.41) is 0. The molecular weight excluding hydrogens is 258 g/mol. The highest BCUT2D eigenvalue weighted by Crippen LogP contribution is 2.37. The fourth-order valence-electron chi connectivity index (χ4n) is 3.10. The summed E-state index contributed by atoms with van der Waals surface area (Å²) in [6.45, 7) is 16.0. The van der Waals surface area contributed by atoms with Crippen molar-refractivity contribution in [2.24, 2.45) is 17.3 Å². The second-order valence-electron chi connectivity index (χ2n) is 7.95. The average Bonchev–Trinajstić information content (AvgIpc) is 2.46. The van der Waals surface area contributed by atoms with Gasteiger partial charge in [0.1, 0.15) is 0 Å². The van der Waals surface area contributed by atoms with Crippen LogP contribution in [-0.4, -0.2) is 23.1 Å². The Morgan fingerprint density at radius 3 is 2.00 bits per heavy atom. The fraction of sp³-hybridized carbons (Fsp3) is 0.778. The zero-order valence-corrected chi connectivity index (χ0v) is 14.6. The van der Waals surface area contributed by atoms with E-state index >= 15 is 0 Å². The van der Waals surface area contributed by atoms with Crippen molar-refractivity contribution < 1.29 is 0 Å². The van der Waals surface area contributed by atoms with Crippen molar-refractivity contribution >= 4 is 5.95 Å². The first kappa shape index (κ1) is 16.3. The first-order valence-electron chi connectivity index (χ1n) is 8.36. The lowest BCUT2D eigenvalue weighted by atomic mass is 9.71. The van der Waals surface area contributed by atoms with Crippen LogP contribution >= 0.6 is 0 Å². The van der Waals surface area contributed by atoms with Crippen molar-refractivity contribution in [1.82, 2.24) is 9.97 Å². The standard InChI is InChI=1S/C18H31N3/c1-13(2)16-11-19-17(20-12-16)21-9-7-15(8-10-21)14(3)18(4,5)6/h11-15H,7-10H2,1-6H3. The lowest BCUT2D eigenvalue weighted by Crippen LogP contribution is -2.39. The summed E-state index contributed by atoms with van der Waals surface area (Å²) in [7, 11) is 0. The molecule has 2 rings (SSSR count). The molecule has 1 fully saturated rings. The van der Waals surface area contributed by atoms with E-state index in [2.05, 4.69) is 56.4 Å². The molecule has 0 spiro atoms. The zero-order valence-electron chi connectivity index (χ0n) is 14.6. The topological polar surface area (TPSA) is 29.0 Å². The summed E-state index contributed by atoms with van der Waals surface area (Å²) in [6, 6.07) is 0. The summed E-state index contributed by atoms with van der Waals surface area (Å²) in [5.74, 6) is 3.00. The Hall–Kier alpha value is -1.12. The molecule has 118 valence electrons. The molecule has 1 atom stereocenters. The molecule has 0 N–H and O–H groups in total. The highest BCUT2D eigenvalue weighted by Gasteiger charge is 2.31. The van der Waals surface area contributed by atoms with E-state index < -0.39 is 0 Å². The molecule has 1 unspecified atom stereocenters. The van der Waals surface area contributed by atoms with Crippen LogP contribution in [0.25, 0.3) is 0 Å². The van der Waals surface area contributed by atoms with Gasteiger partial charge in [0.25, 0.3) is 0 Å². The average molecular weight is 289 g/mol. The summed E-state index contributed by atoms with van der Waals surface area (Å²) < 4.78 is 0. The molecule has 2 heterocycles. The number of nitrogens with zero attached hydrogens (tertiary/aromatic N) is 3. The van der Waals surface area contributed by atoms with Crippen molar-refractivity contribution in [1.29, 1.82) is 0 Å². The van der Waals surface area contributed by atoms with Gasteiger partial charge in [0.2, 0.25) is 5.95 Å². The second kappa shape index (κ2) is 6.33. The van der Waals surface area contributed by atoms with Crippen LogP contribution < -0.4 is 4.90 Å². The smallest absolute Gasteiger partial charge is 0.225 e. The van der Waals surface area contributed by atoms with Crippen molar-refractivity contribution in [2.75, 3.05) is 18.0 Å². The zero-order chi connectivity index (χ0) is 15.6. The molecule has 0 aliphatic carbocycles. The third-order valence-electron chi connectivity index (χ3n) is 5.22. The van der Waals surface area contributed by atoms with Gasteiger partial charge < -0.3 is 4.90 Å². The second-order valence-corrected chi connectivity index (χ2v) is 7.95. The Labute approximate surface area is 130 Å². The quantitative estimate of drug-likeness (QED) is 0.820. The molecule has 0 bridgehead atoms. The van der Waals surface area contributed by atoms with Gasteiger partial charge in [-0.25, -0.2) is 9.97 Å². The maximum Gasteiger partial charge on any atom is 0.225 e. The van der Waals surface area contributed by atoms with Crippen molar-refractivity contribution in [2.45, 2.75) is 60.3 Å². The Balaban J connectivity index is 1.95. The third-order valence-corrected chi connectivity index (χ3v) is 5.22. The third kappa shape index (κ3) is 3.96. The summed E-state index contributed by atoms with van der Waals surface area (Å²) in [4.78, 5) is 11.5. The number of rotatable bonds is 3. The van der Waals surface area contributed by atoms with Gasteiger partial charge in [-0.1, -0.05) is 41.5 Å². The van der Waals surface area contributed by atoms with Crippen LogP contribution in [0.4, 0.5) is 5.95 Å². The fourth-order valence-corrected chi connectivity index (χ4v) is 3.10. The lowest BCUT2D eigenvalue weighted by molar-refractivity contribution is 0.153. The molecule has 1 aliphatic heterocycles. The van der Waals surface area contributed by atoms with Crippen LogP contribution in [0.3, 0.4) is 0 Å². The van der Waals surface area contributed by atoms with Crippen LogP contribution in [0.2, 0.25) is 0 Å². The van der Waals surface area contributed by atoms with E-state index in [4.69, 9.17) is 0 Å². The van der Waals surface area contributed by atoms with E-state index in [0.29, 0.717) is 11.3 Å². The van der Waals surface area contributed by atoms with Crippen LogP contribution in [0.15, 0.2) is 12.4 Å². The van der Waals surface area contributed by atoms with Crippen molar-refractivity contribution in [3.8, 4) is 0 Å². The van der Waals surface area contributed by atoms with Crippen LogP contribution in [0.1, 0.15) is 65.9 Å². The highest BCUT2D eigenvalue weighted by atomic mass is 15.2. The van der Waals surface area contributed by atoms with E-state index in [0.717, 1.165) is 30.9 Å². The Morgan fingerprint density at radius 1 is 1.05 bits per heavy atom. The van der Waals surface area contributed by atoms with Gasteiger partial charge >= 0.3 is 0 Å². The number of piperidine rings is 1. The van der Waals surface area contributed by atoms with Crippen molar-refractivity contribution in [3.05, 3.63) is 18.0 Å². The van der Waals surface area contributed by atoms with Crippen LogP contribution in [-0.2, 0) is 0 Å². The minimum absolute atomic E-state index is 0.405. The molecule has 3 heteroatoms. The van der Waals surface area contributed by atoms with Gasteiger partial charge in [-0.05, 0) is 41.6 Å². The summed E-state index contributed by atoms with van der Waals surface area (Å²) in [5.41, 5.74) is 1.62. The number of aromatic nitrogens is 2. The monoisotopic (exact) mass is 289 g/mol. The number of anilines is 1. The Kier molecular flexibility index (Phi) is 4.90. The molecule has 3 nitrogen and oxygen atoms in total. The highest BCUT2D eigenvalue weighted by molar-refractivity contribution is 5.31. The van der Waals surface area contributed by atoms with E-state index in [1.807, 2.05) is 12.4 Å². The normalized spacial score (nSPS) is 19.1. The largest absolute Gasteiger partial charge is 0.341 e. The predicted octanol–water partition coefficient (Wildman–Crippen LogP) is 4.50. The van der Waals surface area contributed by atoms with Gasteiger partial charge in [0.05, 0.1) is 0 Å². The molecule has 0 saturated carbocycles. The minimum Gasteiger partial charge on any atom is -0.341 e. The molecule has 21 heavy (non-hydrogen) atoms. The van der Waals surface area contributed by atoms with E-state index in [1.165, 1.54) is 18.4 Å². The molecule has 0 aromatic carbocycles. The Bertz CT molecular complexity index is 437. The maximum atomic E-state index is 4.56. The minimum atomic E-state index is 0.405. The molecule has 1 aromatic rings.